The lowest BCUT2D eigenvalue weighted by atomic mass is 10.1. The van der Waals surface area contributed by atoms with Gasteiger partial charge in [0.2, 0.25) is 0 Å². The SMILES string of the molecule is CC(CCc1ccc(O)cc1)NC1CCN(CC(F)(F)F)C1. The summed E-state index contributed by atoms with van der Waals surface area (Å²) in [5.41, 5.74) is 1.15. The molecule has 6 heteroatoms. The van der Waals surface area contributed by atoms with Crippen LogP contribution < -0.4 is 5.32 Å². The second-order valence-corrected chi connectivity index (χ2v) is 6.11. The fraction of sp³-hybridized carbons (Fsp3) is 0.625. The van der Waals surface area contributed by atoms with Crippen molar-refractivity contribution in [2.24, 2.45) is 0 Å². The van der Waals surface area contributed by atoms with Gasteiger partial charge in [-0.25, -0.2) is 0 Å². The number of aromatic hydroxyl groups is 1. The number of phenolic OH excluding ortho intramolecular Hbond substituents is 1. The number of rotatable bonds is 6. The van der Waals surface area contributed by atoms with Crippen LogP contribution in [0.3, 0.4) is 0 Å². The average molecular weight is 316 g/mol. The summed E-state index contributed by atoms with van der Waals surface area (Å²) in [6, 6.07) is 7.51. The van der Waals surface area contributed by atoms with E-state index >= 15 is 0 Å². The number of phenols is 1. The van der Waals surface area contributed by atoms with Crippen molar-refractivity contribution in [3.05, 3.63) is 29.8 Å². The minimum Gasteiger partial charge on any atom is -0.508 e. The molecule has 1 aliphatic rings. The van der Waals surface area contributed by atoms with Gasteiger partial charge in [-0.15, -0.1) is 0 Å². The first-order chi connectivity index (χ1) is 10.3. The third-order valence-electron chi connectivity index (χ3n) is 4.00. The van der Waals surface area contributed by atoms with Crippen molar-refractivity contribution < 1.29 is 18.3 Å². The number of hydrogen-bond acceptors (Lipinski definition) is 3. The maximum absolute atomic E-state index is 12.4. The molecule has 1 saturated heterocycles. The van der Waals surface area contributed by atoms with E-state index < -0.39 is 12.7 Å². The van der Waals surface area contributed by atoms with Crippen LogP contribution >= 0.6 is 0 Å². The quantitative estimate of drug-likeness (QED) is 0.847. The highest BCUT2D eigenvalue weighted by Gasteiger charge is 2.34. The van der Waals surface area contributed by atoms with Gasteiger partial charge in [0.1, 0.15) is 5.75 Å². The van der Waals surface area contributed by atoms with E-state index in [9.17, 15) is 18.3 Å². The number of alkyl halides is 3. The molecule has 2 unspecified atom stereocenters. The van der Waals surface area contributed by atoms with E-state index in [1.165, 1.54) is 4.90 Å². The maximum Gasteiger partial charge on any atom is 0.401 e. The Hall–Kier alpha value is -1.27. The summed E-state index contributed by atoms with van der Waals surface area (Å²) in [7, 11) is 0. The van der Waals surface area contributed by atoms with Crippen molar-refractivity contribution in [3.8, 4) is 5.75 Å². The van der Waals surface area contributed by atoms with Crippen molar-refractivity contribution in [2.75, 3.05) is 19.6 Å². The van der Waals surface area contributed by atoms with Crippen molar-refractivity contribution in [3.63, 3.8) is 0 Å². The van der Waals surface area contributed by atoms with Crippen LogP contribution in [0, 0.1) is 0 Å². The third kappa shape index (κ3) is 5.85. The lowest BCUT2D eigenvalue weighted by molar-refractivity contribution is -0.143. The van der Waals surface area contributed by atoms with Gasteiger partial charge in [0.25, 0.3) is 0 Å². The lowest BCUT2D eigenvalue weighted by Gasteiger charge is -2.21. The number of nitrogens with zero attached hydrogens (tertiary/aromatic N) is 1. The number of nitrogens with one attached hydrogen (secondary N) is 1. The van der Waals surface area contributed by atoms with E-state index in [-0.39, 0.29) is 17.8 Å². The van der Waals surface area contributed by atoms with Crippen LogP contribution in [0.2, 0.25) is 0 Å². The molecule has 2 N–H and O–H groups in total. The standard InChI is InChI=1S/C16H23F3N2O/c1-12(2-3-13-4-6-15(22)7-5-13)20-14-8-9-21(10-14)11-16(17,18)19/h4-7,12,14,20,22H,2-3,8-11H2,1H3. The molecule has 0 spiro atoms. The molecule has 3 nitrogen and oxygen atoms in total. The Morgan fingerprint density at radius 1 is 1.32 bits per heavy atom. The predicted octanol–water partition coefficient (Wildman–Crippen LogP) is 2.94. The topological polar surface area (TPSA) is 35.5 Å². The van der Waals surface area contributed by atoms with E-state index in [0.29, 0.717) is 13.1 Å². The number of benzene rings is 1. The zero-order chi connectivity index (χ0) is 16.2. The zero-order valence-electron chi connectivity index (χ0n) is 12.7. The van der Waals surface area contributed by atoms with Gasteiger partial charge >= 0.3 is 6.18 Å². The summed E-state index contributed by atoms with van der Waals surface area (Å²) in [5, 5.41) is 12.6. The van der Waals surface area contributed by atoms with Gasteiger partial charge in [-0.3, -0.25) is 4.90 Å². The lowest BCUT2D eigenvalue weighted by Crippen LogP contribution is -2.40. The fourth-order valence-corrected chi connectivity index (χ4v) is 2.90. The summed E-state index contributed by atoms with van der Waals surface area (Å²) in [4.78, 5) is 1.46. The molecule has 1 heterocycles. The minimum absolute atomic E-state index is 0.136. The molecule has 0 saturated carbocycles. The fourth-order valence-electron chi connectivity index (χ4n) is 2.90. The predicted molar refractivity (Wildman–Crippen MR) is 79.9 cm³/mol. The van der Waals surface area contributed by atoms with E-state index in [2.05, 4.69) is 12.2 Å². The molecule has 0 bridgehead atoms. The first kappa shape index (κ1) is 17.1. The molecule has 0 amide bonds. The Labute approximate surface area is 129 Å². The highest BCUT2D eigenvalue weighted by molar-refractivity contribution is 5.25. The first-order valence-corrected chi connectivity index (χ1v) is 7.65. The normalized spacial score (nSPS) is 21.2. The second kappa shape index (κ2) is 7.33. The van der Waals surface area contributed by atoms with Crippen LogP contribution in [0.1, 0.15) is 25.3 Å². The van der Waals surface area contributed by atoms with Crippen molar-refractivity contribution in [1.29, 1.82) is 0 Å². The summed E-state index contributed by atoms with van der Waals surface area (Å²) < 4.78 is 37.1. The molecule has 0 aliphatic carbocycles. The van der Waals surface area contributed by atoms with E-state index in [0.717, 1.165) is 24.8 Å². The molecule has 1 fully saturated rings. The van der Waals surface area contributed by atoms with Gasteiger partial charge in [-0.05, 0) is 43.9 Å². The highest BCUT2D eigenvalue weighted by Crippen LogP contribution is 2.20. The number of aryl methyl sites for hydroxylation is 1. The molecule has 1 aliphatic heterocycles. The molecule has 1 aromatic rings. The van der Waals surface area contributed by atoms with Crippen LogP contribution in [0.5, 0.6) is 5.75 Å². The van der Waals surface area contributed by atoms with E-state index in [4.69, 9.17) is 0 Å². The molecular formula is C16H23F3N2O. The van der Waals surface area contributed by atoms with Gasteiger partial charge in [0, 0.05) is 25.2 Å². The van der Waals surface area contributed by atoms with Crippen molar-refractivity contribution >= 4 is 0 Å². The molecule has 0 aromatic heterocycles. The summed E-state index contributed by atoms with van der Waals surface area (Å²) in [6.07, 6.45) is -1.55. The average Bonchev–Trinajstić information content (AvgIpc) is 2.83. The summed E-state index contributed by atoms with van der Waals surface area (Å²) >= 11 is 0. The van der Waals surface area contributed by atoms with Crippen LogP contribution in [-0.4, -0.2) is 47.9 Å². The van der Waals surface area contributed by atoms with Crippen LogP contribution in [0.25, 0.3) is 0 Å². The van der Waals surface area contributed by atoms with Crippen molar-refractivity contribution in [1.82, 2.24) is 10.2 Å². The van der Waals surface area contributed by atoms with Gasteiger partial charge in [0.15, 0.2) is 0 Å². The second-order valence-electron chi connectivity index (χ2n) is 6.11. The molecule has 0 radical (unpaired) electrons. The van der Waals surface area contributed by atoms with Gasteiger partial charge in [-0.1, -0.05) is 12.1 Å². The largest absolute Gasteiger partial charge is 0.508 e. The number of likely N-dealkylation sites (tertiary alicyclic amines) is 1. The molecule has 2 rings (SSSR count). The Bertz CT molecular complexity index is 461. The molecule has 1 aromatic carbocycles. The zero-order valence-corrected chi connectivity index (χ0v) is 12.7. The summed E-state index contributed by atoms with van der Waals surface area (Å²) in [6.45, 7) is 2.21. The Kier molecular flexibility index (Phi) is 5.69. The van der Waals surface area contributed by atoms with Gasteiger partial charge < -0.3 is 10.4 Å². The Morgan fingerprint density at radius 2 is 2.00 bits per heavy atom. The van der Waals surface area contributed by atoms with E-state index in [1.807, 2.05) is 12.1 Å². The number of hydrogen-bond donors (Lipinski definition) is 2. The smallest absolute Gasteiger partial charge is 0.401 e. The number of halogens is 3. The minimum atomic E-state index is -4.11. The molecule has 22 heavy (non-hydrogen) atoms. The van der Waals surface area contributed by atoms with E-state index in [1.54, 1.807) is 12.1 Å². The van der Waals surface area contributed by atoms with Crippen molar-refractivity contribution in [2.45, 2.75) is 44.4 Å². The third-order valence-corrected chi connectivity index (χ3v) is 4.00. The van der Waals surface area contributed by atoms with Gasteiger partial charge in [-0.2, -0.15) is 13.2 Å². The Balaban J connectivity index is 1.69. The first-order valence-electron chi connectivity index (χ1n) is 7.65. The monoisotopic (exact) mass is 316 g/mol. The van der Waals surface area contributed by atoms with Crippen LogP contribution in [0.15, 0.2) is 24.3 Å². The molecule has 2 atom stereocenters. The Morgan fingerprint density at radius 3 is 2.64 bits per heavy atom. The molecular weight excluding hydrogens is 293 g/mol. The van der Waals surface area contributed by atoms with Crippen LogP contribution in [0.4, 0.5) is 13.2 Å². The molecule has 124 valence electrons. The highest BCUT2D eigenvalue weighted by atomic mass is 19.4. The maximum atomic E-state index is 12.4. The summed E-state index contributed by atoms with van der Waals surface area (Å²) in [5.74, 6) is 0.255. The van der Waals surface area contributed by atoms with Crippen LogP contribution in [-0.2, 0) is 6.42 Å². The van der Waals surface area contributed by atoms with Gasteiger partial charge in [0.05, 0.1) is 6.54 Å².